The van der Waals surface area contributed by atoms with E-state index in [1.54, 1.807) is 24.3 Å². The average molecular weight is 314 g/mol. The van der Waals surface area contributed by atoms with Crippen molar-refractivity contribution >= 4 is 23.5 Å². The number of hydrogen-bond donors (Lipinski definition) is 0. The molecule has 21 heavy (non-hydrogen) atoms. The molecule has 1 aromatic rings. The van der Waals surface area contributed by atoms with Crippen molar-refractivity contribution in [3.63, 3.8) is 0 Å². The lowest BCUT2D eigenvalue weighted by molar-refractivity contribution is -0.163. The van der Waals surface area contributed by atoms with E-state index in [0.717, 1.165) is 0 Å². The van der Waals surface area contributed by atoms with Gasteiger partial charge in [-0.25, -0.2) is 4.79 Å². The van der Waals surface area contributed by atoms with Crippen molar-refractivity contribution in [2.45, 2.75) is 6.10 Å². The molecule has 0 bridgehead atoms. The van der Waals surface area contributed by atoms with Gasteiger partial charge in [0.2, 0.25) is 0 Å². The molecule has 114 valence electrons. The van der Waals surface area contributed by atoms with Crippen molar-refractivity contribution in [1.29, 1.82) is 0 Å². The van der Waals surface area contributed by atoms with Crippen LogP contribution in [0.1, 0.15) is 0 Å². The molecule has 1 amide bonds. The average Bonchev–Trinajstić information content (AvgIpc) is 2.53. The molecule has 1 aliphatic heterocycles. The highest BCUT2D eigenvalue weighted by Crippen LogP contribution is 2.15. The fraction of sp³-hybridized carbons (Fsp3) is 0.429. The zero-order chi connectivity index (χ0) is 15.2. The molecule has 1 aliphatic rings. The van der Waals surface area contributed by atoms with Crippen LogP contribution in [0, 0.1) is 0 Å². The van der Waals surface area contributed by atoms with Gasteiger partial charge in [0.15, 0.2) is 12.7 Å². The van der Waals surface area contributed by atoms with Gasteiger partial charge in [0.1, 0.15) is 5.75 Å². The minimum atomic E-state index is -0.733. The summed E-state index contributed by atoms with van der Waals surface area (Å²) >= 11 is 5.77. The van der Waals surface area contributed by atoms with E-state index in [0.29, 0.717) is 23.9 Å². The quantitative estimate of drug-likeness (QED) is 0.779. The second-order valence-corrected chi connectivity index (χ2v) is 4.90. The number of esters is 1. The summed E-state index contributed by atoms with van der Waals surface area (Å²) in [6.07, 6.45) is -0.733. The smallest absolute Gasteiger partial charge is 0.336 e. The van der Waals surface area contributed by atoms with Crippen LogP contribution in [0.4, 0.5) is 0 Å². The van der Waals surface area contributed by atoms with E-state index in [4.69, 9.17) is 21.1 Å². The summed E-state index contributed by atoms with van der Waals surface area (Å²) in [6, 6.07) is 6.74. The first-order valence-corrected chi connectivity index (χ1v) is 6.83. The van der Waals surface area contributed by atoms with E-state index in [9.17, 15) is 9.59 Å². The molecular formula is C14H16ClNO5. The maximum Gasteiger partial charge on any atom is 0.336 e. The summed E-state index contributed by atoms with van der Waals surface area (Å²) in [5, 5.41) is 0.600. The van der Waals surface area contributed by atoms with Crippen molar-refractivity contribution in [3.8, 4) is 5.75 Å². The Morgan fingerprint density at radius 2 is 2.10 bits per heavy atom. The molecule has 6 nitrogen and oxygen atoms in total. The lowest BCUT2D eigenvalue weighted by Crippen LogP contribution is -2.50. The third-order valence-electron chi connectivity index (χ3n) is 3.06. The SMILES string of the molecule is COC(=O)C1CN(C(=O)COc2ccc(Cl)cc2)CCO1. The number of ether oxygens (including phenoxy) is 3. The molecule has 1 fully saturated rings. The Bertz CT molecular complexity index is 505. The Morgan fingerprint density at radius 1 is 1.38 bits per heavy atom. The van der Waals surface area contributed by atoms with E-state index >= 15 is 0 Å². The first-order chi connectivity index (χ1) is 10.1. The van der Waals surface area contributed by atoms with Crippen LogP contribution >= 0.6 is 11.6 Å². The second-order valence-electron chi connectivity index (χ2n) is 4.46. The van der Waals surface area contributed by atoms with Crippen molar-refractivity contribution in [3.05, 3.63) is 29.3 Å². The van der Waals surface area contributed by atoms with Crippen molar-refractivity contribution in [1.82, 2.24) is 4.90 Å². The zero-order valence-corrected chi connectivity index (χ0v) is 12.3. The molecule has 0 radical (unpaired) electrons. The van der Waals surface area contributed by atoms with Gasteiger partial charge in [0.25, 0.3) is 5.91 Å². The molecule has 0 saturated carbocycles. The highest BCUT2D eigenvalue weighted by molar-refractivity contribution is 6.30. The minimum absolute atomic E-state index is 0.102. The predicted octanol–water partition coefficient (Wildman–Crippen LogP) is 1.12. The number of benzene rings is 1. The molecule has 7 heteroatoms. The normalized spacial score (nSPS) is 18.2. The maximum atomic E-state index is 12.1. The molecule has 0 spiro atoms. The zero-order valence-electron chi connectivity index (χ0n) is 11.6. The number of morpholine rings is 1. The molecule has 0 aliphatic carbocycles. The number of nitrogens with zero attached hydrogens (tertiary/aromatic N) is 1. The summed E-state index contributed by atoms with van der Waals surface area (Å²) < 4.78 is 15.3. The Hall–Kier alpha value is -1.79. The molecule has 1 heterocycles. The summed E-state index contributed by atoms with van der Waals surface area (Å²) in [7, 11) is 1.29. The molecule has 1 unspecified atom stereocenters. The maximum absolute atomic E-state index is 12.1. The summed E-state index contributed by atoms with van der Waals surface area (Å²) in [4.78, 5) is 25.0. The molecule has 2 rings (SSSR count). The summed E-state index contributed by atoms with van der Waals surface area (Å²) in [5.74, 6) is -0.126. The number of methoxy groups -OCH3 is 1. The molecule has 1 atom stereocenters. The van der Waals surface area contributed by atoms with E-state index < -0.39 is 12.1 Å². The van der Waals surface area contributed by atoms with Crippen LogP contribution in [0.2, 0.25) is 5.02 Å². The Balaban J connectivity index is 1.85. The van der Waals surface area contributed by atoms with Crippen molar-refractivity contribution < 1.29 is 23.8 Å². The van der Waals surface area contributed by atoms with Crippen LogP contribution in [-0.2, 0) is 19.1 Å². The van der Waals surface area contributed by atoms with Crippen molar-refractivity contribution in [2.24, 2.45) is 0 Å². The monoisotopic (exact) mass is 313 g/mol. The molecule has 0 N–H and O–H groups in total. The molecular weight excluding hydrogens is 298 g/mol. The van der Waals surface area contributed by atoms with Gasteiger partial charge >= 0.3 is 5.97 Å². The van der Waals surface area contributed by atoms with Gasteiger partial charge in [-0.1, -0.05) is 11.6 Å². The third-order valence-corrected chi connectivity index (χ3v) is 3.31. The van der Waals surface area contributed by atoms with Gasteiger partial charge in [-0.2, -0.15) is 0 Å². The molecule has 1 saturated heterocycles. The predicted molar refractivity (Wildman–Crippen MR) is 75.3 cm³/mol. The number of amides is 1. The minimum Gasteiger partial charge on any atom is -0.484 e. The van der Waals surface area contributed by atoms with E-state index in [1.807, 2.05) is 0 Å². The number of carbonyl (C=O) groups is 2. The first kappa shape index (κ1) is 15.6. The number of halogens is 1. The van der Waals surface area contributed by atoms with E-state index in [1.165, 1.54) is 12.0 Å². The fourth-order valence-electron chi connectivity index (χ4n) is 1.92. The lowest BCUT2D eigenvalue weighted by Gasteiger charge is -2.31. The Labute approximate surface area is 127 Å². The van der Waals surface area contributed by atoms with Gasteiger partial charge in [-0.05, 0) is 24.3 Å². The van der Waals surface area contributed by atoms with Crippen LogP contribution in [0.5, 0.6) is 5.75 Å². The van der Waals surface area contributed by atoms with Crippen LogP contribution < -0.4 is 4.74 Å². The van der Waals surface area contributed by atoms with Gasteiger partial charge in [0, 0.05) is 11.6 Å². The molecule has 1 aromatic carbocycles. The Morgan fingerprint density at radius 3 is 2.76 bits per heavy atom. The number of hydrogen-bond acceptors (Lipinski definition) is 5. The fourth-order valence-corrected chi connectivity index (χ4v) is 2.04. The number of rotatable bonds is 4. The van der Waals surface area contributed by atoms with Gasteiger partial charge in [-0.3, -0.25) is 4.79 Å². The first-order valence-electron chi connectivity index (χ1n) is 6.45. The van der Waals surface area contributed by atoms with E-state index in [2.05, 4.69) is 4.74 Å². The topological polar surface area (TPSA) is 65.1 Å². The standard InChI is InChI=1S/C14H16ClNO5/c1-19-14(18)12-8-16(6-7-20-12)13(17)9-21-11-4-2-10(15)3-5-11/h2-5,12H,6-9H2,1H3. The third kappa shape index (κ3) is 4.34. The summed E-state index contributed by atoms with van der Waals surface area (Å²) in [5.41, 5.74) is 0. The van der Waals surface area contributed by atoms with Gasteiger partial charge in [0.05, 0.1) is 20.3 Å². The lowest BCUT2D eigenvalue weighted by atomic mass is 10.2. The largest absolute Gasteiger partial charge is 0.484 e. The molecule has 0 aromatic heterocycles. The Kier molecular flexibility index (Phi) is 5.41. The van der Waals surface area contributed by atoms with Crippen molar-refractivity contribution in [2.75, 3.05) is 33.4 Å². The second kappa shape index (κ2) is 7.28. The van der Waals surface area contributed by atoms with Crippen LogP contribution in [0.15, 0.2) is 24.3 Å². The van der Waals surface area contributed by atoms with E-state index in [-0.39, 0.29) is 19.1 Å². The summed E-state index contributed by atoms with van der Waals surface area (Å²) in [6.45, 7) is 0.799. The van der Waals surface area contributed by atoms with Crippen LogP contribution in [-0.4, -0.2) is 56.3 Å². The van der Waals surface area contributed by atoms with Crippen LogP contribution in [0.25, 0.3) is 0 Å². The number of carbonyl (C=O) groups excluding carboxylic acids is 2. The van der Waals surface area contributed by atoms with Crippen LogP contribution in [0.3, 0.4) is 0 Å². The van der Waals surface area contributed by atoms with Gasteiger partial charge in [-0.15, -0.1) is 0 Å². The highest BCUT2D eigenvalue weighted by atomic mass is 35.5. The van der Waals surface area contributed by atoms with Gasteiger partial charge < -0.3 is 19.1 Å². The highest BCUT2D eigenvalue weighted by Gasteiger charge is 2.29.